The summed E-state index contributed by atoms with van der Waals surface area (Å²) in [6.07, 6.45) is 1.85. The minimum absolute atomic E-state index is 0.0404. The predicted molar refractivity (Wildman–Crippen MR) is 66.7 cm³/mol. The van der Waals surface area contributed by atoms with E-state index in [1.165, 1.54) is 12.1 Å². The molecular formula is C10H17N5O2. The Morgan fingerprint density at radius 1 is 1.41 bits per heavy atom. The second-order valence-electron chi connectivity index (χ2n) is 3.66. The number of anilines is 2. The smallest absolute Gasteiger partial charge is 0.276 e. The average molecular weight is 239 g/mol. The molecule has 1 rings (SSSR count). The number of nitro groups is 1. The van der Waals surface area contributed by atoms with E-state index >= 15 is 0 Å². The van der Waals surface area contributed by atoms with Crippen LogP contribution in [0.2, 0.25) is 0 Å². The predicted octanol–water partition coefficient (Wildman–Crippen LogP) is 1.88. The Hall–Kier alpha value is -1.89. The molecule has 0 aliphatic rings. The molecule has 17 heavy (non-hydrogen) atoms. The quantitative estimate of drug-likeness (QED) is 0.397. The molecule has 0 aromatic carbocycles. The van der Waals surface area contributed by atoms with Crippen molar-refractivity contribution in [2.24, 2.45) is 5.84 Å². The summed E-state index contributed by atoms with van der Waals surface area (Å²) >= 11 is 0. The second kappa shape index (κ2) is 6.00. The summed E-state index contributed by atoms with van der Waals surface area (Å²) < 4.78 is 0. The van der Waals surface area contributed by atoms with Crippen LogP contribution < -0.4 is 16.6 Å². The molecule has 0 saturated carbocycles. The first-order valence-corrected chi connectivity index (χ1v) is 5.50. The van der Waals surface area contributed by atoms with Gasteiger partial charge in [-0.25, -0.2) is 10.8 Å². The van der Waals surface area contributed by atoms with Gasteiger partial charge in [-0.05, 0) is 12.8 Å². The van der Waals surface area contributed by atoms with Crippen molar-refractivity contribution >= 4 is 17.3 Å². The van der Waals surface area contributed by atoms with E-state index in [0.29, 0.717) is 5.82 Å². The van der Waals surface area contributed by atoms with Crippen molar-refractivity contribution in [3.05, 3.63) is 22.2 Å². The van der Waals surface area contributed by atoms with Gasteiger partial charge in [-0.15, -0.1) is 0 Å². The molecule has 0 unspecified atom stereocenters. The van der Waals surface area contributed by atoms with Crippen molar-refractivity contribution in [1.29, 1.82) is 0 Å². The highest BCUT2D eigenvalue weighted by molar-refractivity contribution is 5.54. The lowest BCUT2D eigenvalue weighted by Crippen LogP contribution is -2.19. The van der Waals surface area contributed by atoms with Crippen molar-refractivity contribution in [3.8, 4) is 0 Å². The Bertz CT molecular complexity index is 392. The zero-order chi connectivity index (χ0) is 12.8. The summed E-state index contributed by atoms with van der Waals surface area (Å²) in [4.78, 5) is 14.4. The van der Waals surface area contributed by atoms with Crippen LogP contribution in [0.5, 0.6) is 0 Å². The highest BCUT2D eigenvalue weighted by Gasteiger charge is 2.12. The second-order valence-corrected chi connectivity index (χ2v) is 3.66. The lowest BCUT2D eigenvalue weighted by molar-refractivity contribution is -0.384. The molecule has 94 valence electrons. The van der Waals surface area contributed by atoms with E-state index < -0.39 is 4.92 Å². The lowest BCUT2D eigenvalue weighted by atomic mass is 10.2. The third-order valence-corrected chi connectivity index (χ3v) is 2.51. The van der Waals surface area contributed by atoms with Crippen LogP contribution in [0.15, 0.2) is 12.1 Å². The van der Waals surface area contributed by atoms with Crippen LogP contribution in [0.4, 0.5) is 17.3 Å². The van der Waals surface area contributed by atoms with Gasteiger partial charge >= 0.3 is 0 Å². The number of hydrogen-bond acceptors (Lipinski definition) is 6. The molecule has 0 amide bonds. The minimum atomic E-state index is -0.472. The molecule has 0 radical (unpaired) electrons. The summed E-state index contributed by atoms with van der Waals surface area (Å²) in [6.45, 7) is 4.08. The van der Waals surface area contributed by atoms with Gasteiger partial charge in [0.1, 0.15) is 11.6 Å². The van der Waals surface area contributed by atoms with Crippen LogP contribution in [0.3, 0.4) is 0 Å². The van der Waals surface area contributed by atoms with Gasteiger partial charge in [-0.2, -0.15) is 0 Å². The fourth-order valence-corrected chi connectivity index (χ4v) is 1.47. The molecule has 7 nitrogen and oxygen atoms in total. The maximum Gasteiger partial charge on any atom is 0.276 e. The Labute approximate surface area is 99.5 Å². The Morgan fingerprint density at radius 2 is 2.00 bits per heavy atom. The molecular weight excluding hydrogens is 222 g/mol. The van der Waals surface area contributed by atoms with E-state index in [2.05, 4.69) is 15.7 Å². The lowest BCUT2D eigenvalue weighted by Gasteiger charge is -2.15. The van der Waals surface area contributed by atoms with Crippen molar-refractivity contribution < 1.29 is 4.92 Å². The summed E-state index contributed by atoms with van der Waals surface area (Å²) in [7, 11) is 0. The molecule has 7 heteroatoms. The number of nitrogen functional groups attached to an aromatic ring is 1. The highest BCUT2D eigenvalue weighted by atomic mass is 16.6. The van der Waals surface area contributed by atoms with E-state index in [9.17, 15) is 10.1 Å². The van der Waals surface area contributed by atoms with E-state index in [-0.39, 0.29) is 17.5 Å². The first kappa shape index (κ1) is 13.2. The molecule has 0 aliphatic carbocycles. The maximum atomic E-state index is 10.7. The van der Waals surface area contributed by atoms with Gasteiger partial charge in [0.25, 0.3) is 5.69 Å². The standard InChI is InChI=1S/C10H17N5O2/c1-3-7(4-2)12-9-5-8(15(16)17)6-10(13-9)14-11/h5-7H,3-4,11H2,1-2H3,(H2,12,13,14). The molecule has 0 saturated heterocycles. The number of hydrogen-bond donors (Lipinski definition) is 3. The van der Waals surface area contributed by atoms with Crippen LogP contribution in [0.1, 0.15) is 26.7 Å². The van der Waals surface area contributed by atoms with Crippen LogP contribution in [0.25, 0.3) is 0 Å². The molecule has 0 aliphatic heterocycles. The fraction of sp³-hybridized carbons (Fsp3) is 0.500. The molecule has 0 bridgehead atoms. The van der Waals surface area contributed by atoms with Crippen LogP contribution in [-0.4, -0.2) is 15.9 Å². The Morgan fingerprint density at radius 3 is 2.47 bits per heavy atom. The Kier molecular flexibility index (Phi) is 4.65. The van der Waals surface area contributed by atoms with Gasteiger partial charge in [0.05, 0.1) is 17.1 Å². The largest absolute Gasteiger partial charge is 0.367 e. The molecule has 4 N–H and O–H groups in total. The van der Waals surface area contributed by atoms with Gasteiger partial charge < -0.3 is 10.7 Å². The normalized spacial score (nSPS) is 10.4. The zero-order valence-electron chi connectivity index (χ0n) is 9.93. The van der Waals surface area contributed by atoms with Crippen LogP contribution in [-0.2, 0) is 0 Å². The van der Waals surface area contributed by atoms with E-state index in [1.54, 1.807) is 0 Å². The molecule has 1 heterocycles. The van der Waals surface area contributed by atoms with Crippen molar-refractivity contribution in [1.82, 2.24) is 4.98 Å². The SMILES string of the molecule is CCC(CC)Nc1cc([N+](=O)[O-])cc(NN)n1. The highest BCUT2D eigenvalue weighted by Crippen LogP contribution is 2.21. The molecule has 0 fully saturated rings. The van der Waals surface area contributed by atoms with Gasteiger partial charge in [0.15, 0.2) is 0 Å². The van der Waals surface area contributed by atoms with Crippen molar-refractivity contribution in [2.75, 3.05) is 10.7 Å². The van der Waals surface area contributed by atoms with Crippen LogP contribution in [0, 0.1) is 10.1 Å². The molecule has 0 atom stereocenters. The molecule has 1 aromatic heterocycles. The van der Waals surface area contributed by atoms with Crippen molar-refractivity contribution in [3.63, 3.8) is 0 Å². The van der Waals surface area contributed by atoms with Gasteiger partial charge in [0.2, 0.25) is 0 Å². The van der Waals surface area contributed by atoms with Crippen LogP contribution >= 0.6 is 0 Å². The minimum Gasteiger partial charge on any atom is -0.367 e. The molecule has 1 aromatic rings. The number of nitrogens with one attached hydrogen (secondary N) is 2. The third-order valence-electron chi connectivity index (χ3n) is 2.51. The first-order chi connectivity index (χ1) is 8.10. The first-order valence-electron chi connectivity index (χ1n) is 5.50. The van der Waals surface area contributed by atoms with Gasteiger partial charge in [0, 0.05) is 6.04 Å². The number of aromatic nitrogens is 1. The molecule has 0 spiro atoms. The third kappa shape index (κ3) is 3.56. The number of nitrogens with two attached hydrogens (primary N) is 1. The number of pyridine rings is 1. The van der Waals surface area contributed by atoms with Crippen molar-refractivity contribution in [2.45, 2.75) is 32.7 Å². The van der Waals surface area contributed by atoms with Gasteiger partial charge in [-0.1, -0.05) is 13.8 Å². The topological polar surface area (TPSA) is 106 Å². The monoisotopic (exact) mass is 239 g/mol. The summed E-state index contributed by atoms with van der Waals surface area (Å²) in [5.74, 6) is 5.95. The average Bonchev–Trinajstić information content (AvgIpc) is 2.35. The summed E-state index contributed by atoms with van der Waals surface area (Å²) in [5, 5.41) is 13.9. The Balaban J connectivity index is 2.98. The zero-order valence-corrected chi connectivity index (χ0v) is 9.93. The maximum absolute atomic E-state index is 10.7. The van der Waals surface area contributed by atoms with E-state index in [0.717, 1.165) is 12.8 Å². The van der Waals surface area contributed by atoms with E-state index in [1.807, 2.05) is 13.8 Å². The van der Waals surface area contributed by atoms with Gasteiger partial charge in [-0.3, -0.25) is 10.1 Å². The number of rotatable bonds is 6. The summed E-state index contributed by atoms with van der Waals surface area (Å²) in [6, 6.07) is 2.94. The summed E-state index contributed by atoms with van der Waals surface area (Å²) in [5.41, 5.74) is 2.28. The van der Waals surface area contributed by atoms with E-state index in [4.69, 9.17) is 5.84 Å². The number of nitrogens with zero attached hydrogens (tertiary/aromatic N) is 2. The number of hydrazine groups is 1. The fourth-order valence-electron chi connectivity index (χ4n) is 1.47.